The fraction of sp³-hybridized carbons (Fsp3) is 0.562. The Hall–Kier alpha value is -1.24. The molecule has 2 fully saturated rings. The first-order chi connectivity index (χ1) is 9.75. The number of anilines is 1. The summed E-state index contributed by atoms with van der Waals surface area (Å²) in [4.78, 5) is 2.47. The molecule has 4 heteroatoms. The van der Waals surface area contributed by atoms with Crippen molar-refractivity contribution in [1.82, 2.24) is 5.32 Å². The lowest BCUT2D eigenvalue weighted by Crippen LogP contribution is -2.62. The van der Waals surface area contributed by atoms with E-state index in [0.29, 0.717) is 10.6 Å². The Morgan fingerprint density at radius 2 is 2.05 bits per heavy atom. The van der Waals surface area contributed by atoms with Gasteiger partial charge in [-0.05, 0) is 31.0 Å². The van der Waals surface area contributed by atoms with Crippen molar-refractivity contribution in [1.29, 1.82) is 5.26 Å². The highest BCUT2D eigenvalue weighted by Crippen LogP contribution is 2.39. The average Bonchev–Trinajstić information content (AvgIpc) is 2.49. The maximum Gasteiger partial charge on any atom is 0.101 e. The van der Waals surface area contributed by atoms with E-state index in [0.717, 1.165) is 25.3 Å². The Morgan fingerprint density at radius 3 is 2.80 bits per heavy atom. The molecule has 1 saturated carbocycles. The highest BCUT2D eigenvalue weighted by atomic mass is 35.5. The topological polar surface area (TPSA) is 39.1 Å². The van der Waals surface area contributed by atoms with Crippen LogP contribution in [0.3, 0.4) is 0 Å². The van der Waals surface area contributed by atoms with E-state index in [9.17, 15) is 5.26 Å². The Morgan fingerprint density at radius 1 is 1.25 bits per heavy atom. The summed E-state index contributed by atoms with van der Waals surface area (Å²) in [5, 5.41) is 13.6. The van der Waals surface area contributed by atoms with Crippen LogP contribution in [0.15, 0.2) is 18.2 Å². The van der Waals surface area contributed by atoms with Crippen LogP contribution in [0.1, 0.15) is 37.7 Å². The number of halogens is 1. The third-order valence-corrected chi connectivity index (χ3v) is 4.93. The van der Waals surface area contributed by atoms with Crippen LogP contribution < -0.4 is 10.2 Å². The summed E-state index contributed by atoms with van der Waals surface area (Å²) in [6.07, 6.45) is 6.34. The van der Waals surface area contributed by atoms with Gasteiger partial charge >= 0.3 is 0 Å². The average molecular weight is 290 g/mol. The minimum absolute atomic E-state index is 0.190. The van der Waals surface area contributed by atoms with Gasteiger partial charge < -0.3 is 10.2 Å². The number of rotatable bonds is 1. The summed E-state index contributed by atoms with van der Waals surface area (Å²) < 4.78 is 0. The van der Waals surface area contributed by atoms with Gasteiger partial charge in [0.05, 0.1) is 16.8 Å². The molecule has 1 spiro atoms. The Balaban J connectivity index is 2.00. The lowest BCUT2D eigenvalue weighted by molar-refractivity contribution is 0.241. The Bertz CT molecular complexity index is 521. The number of nitrogens with zero attached hydrogens (tertiary/aromatic N) is 2. The number of benzene rings is 1. The van der Waals surface area contributed by atoms with Gasteiger partial charge in [0.1, 0.15) is 6.07 Å². The first kappa shape index (κ1) is 13.7. The lowest BCUT2D eigenvalue weighted by Gasteiger charge is -2.51. The van der Waals surface area contributed by atoms with Gasteiger partial charge in [0.15, 0.2) is 0 Å². The van der Waals surface area contributed by atoms with Crippen molar-refractivity contribution in [3.05, 3.63) is 28.8 Å². The standard InChI is InChI=1S/C16H20ClN3/c17-14-4-5-15(13(10-14)11-18)20-9-8-19-12-16(20)6-2-1-3-7-16/h4-5,10,19H,1-3,6-9,12H2. The monoisotopic (exact) mass is 289 g/mol. The summed E-state index contributed by atoms with van der Waals surface area (Å²) in [6, 6.07) is 8.01. The lowest BCUT2D eigenvalue weighted by atomic mass is 9.78. The van der Waals surface area contributed by atoms with E-state index in [1.807, 2.05) is 12.1 Å². The van der Waals surface area contributed by atoms with Crippen LogP contribution in [0.25, 0.3) is 0 Å². The van der Waals surface area contributed by atoms with Crippen LogP contribution in [-0.2, 0) is 0 Å². The van der Waals surface area contributed by atoms with Crippen molar-refractivity contribution in [3.63, 3.8) is 0 Å². The van der Waals surface area contributed by atoms with Gasteiger partial charge in [-0.3, -0.25) is 0 Å². The van der Waals surface area contributed by atoms with Crippen LogP contribution >= 0.6 is 11.6 Å². The molecule has 0 amide bonds. The van der Waals surface area contributed by atoms with Crippen molar-refractivity contribution in [2.45, 2.75) is 37.6 Å². The molecule has 1 aliphatic heterocycles. The summed E-state index contributed by atoms with van der Waals surface area (Å²) in [5.41, 5.74) is 1.94. The zero-order chi connectivity index (χ0) is 14.0. The van der Waals surface area contributed by atoms with E-state index < -0.39 is 0 Å². The molecule has 2 aliphatic rings. The smallest absolute Gasteiger partial charge is 0.101 e. The minimum Gasteiger partial charge on any atom is -0.362 e. The second-order valence-corrected chi connectivity index (χ2v) is 6.32. The van der Waals surface area contributed by atoms with E-state index in [4.69, 9.17) is 11.6 Å². The molecule has 1 N–H and O–H groups in total. The Labute approximate surface area is 125 Å². The van der Waals surface area contributed by atoms with E-state index in [-0.39, 0.29) is 5.54 Å². The molecule has 1 aliphatic carbocycles. The molecule has 0 radical (unpaired) electrons. The van der Waals surface area contributed by atoms with E-state index in [1.54, 1.807) is 6.07 Å². The molecule has 1 saturated heterocycles. The molecule has 0 atom stereocenters. The second-order valence-electron chi connectivity index (χ2n) is 5.89. The zero-order valence-corrected chi connectivity index (χ0v) is 12.4. The van der Waals surface area contributed by atoms with Gasteiger partial charge in [-0.25, -0.2) is 0 Å². The third kappa shape index (κ3) is 2.39. The molecular formula is C16H20ClN3. The van der Waals surface area contributed by atoms with Gasteiger partial charge in [-0.2, -0.15) is 5.26 Å². The van der Waals surface area contributed by atoms with Crippen molar-refractivity contribution >= 4 is 17.3 Å². The molecule has 0 bridgehead atoms. The van der Waals surface area contributed by atoms with Crippen molar-refractivity contribution in [2.24, 2.45) is 0 Å². The summed E-state index contributed by atoms with van der Waals surface area (Å²) >= 11 is 6.03. The number of nitriles is 1. The van der Waals surface area contributed by atoms with Crippen molar-refractivity contribution < 1.29 is 0 Å². The fourth-order valence-corrected chi connectivity index (χ4v) is 3.88. The summed E-state index contributed by atoms with van der Waals surface area (Å²) in [5.74, 6) is 0. The minimum atomic E-state index is 0.190. The molecule has 1 heterocycles. The molecule has 1 aromatic carbocycles. The summed E-state index contributed by atoms with van der Waals surface area (Å²) in [7, 11) is 0. The highest BCUT2D eigenvalue weighted by molar-refractivity contribution is 6.30. The molecule has 3 nitrogen and oxygen atoms in total. The molecule has 0 unspecified atom stereocenters. The molecular weight excluding hydrogens is 270 g/mol. The number of hydrogen-bond donors (Lipinski definition) is 1. The third-order valence-electron chi connectivity index (χ3n) is 4.69. The largest absolute Gasteiger partial charge is 0.362 e. The van der Waals surface area contributed by atoms with Crippen LogP contribution in [0.2, 0.25) is 5.02 Å². The van der Waals surface area contributed by atoms with Gasteiger partial charge in [0.25, 0.3) is 0 Å². The van der Waals surface area contributed by atoms with Gasteiger partial charge in [0, 0.05) is 24.7 Å². The van der Waals surface area contributed by atoms with Crippen LogP contribution in [0, 0.1) is 11.3 Å². The molecule has 0 aromatic heterocycles. The van der Waals surface area contributed by atoms with Gasteiger partial charge in [-0.1, -0.05) is 30.9 Å². The van der Waals surface area contributed by atoms with E-state index >= 15 is 0 Å². The molecule has 20 heavy (non-hydrogen) atoms. The summed E-state index contributed by atoms with van der Waals surface area (Å²) in [6.45, 7) is 2.98. The predicted molar refractivity (Wildman–Crippen MR) is 82.2 cm³/mol. The zero-order valence-electron chi connectivity index (χ0n) is 11.7. The van der Waals surface area contributed by atoms with Gasteiger partial charge in [0.2, 0.25) is 0 Å². The van der Waals surface area contributed by atoms with Crippen molar-refractivity contribution in [3.8, 4) is 6.07 Å². The second kappa shape index (κ2) is 5.63. The van der Waals surface area contributed by atoms with Crippen molar-refractivity contribution in [2.75, 3.05) is 24.5 Å². The van der Waals surface area contributed by atoms with Crippen LogP contribution in [0.5, 0.6) is 0 Å². The maximum absolute atomic E-state index is 9.41. The molecule has 1 aromatic rings. The number of nitrogens with one attached hydrogen (secondary N) is 1. The molecule has 3 rings (SSSR count). The predicted octanol–water partition coefficient (Wildman–Crippen LogP) is 3.32. The Kier molecular flexibility index (Phi) is 3.87. The number of piperazine rings is 1. The van der Waals surface area contributed by atoms with E-state index in [2.05, 4.69) is 16.3 Å². The SMILES string of the molecule is N#Cc1cc(Cl)ccc1N1CCNCC12CCCCC2. The number of hydrogen-bond acceptors (Lipinski definition) is 3. The maximum atomic E-state index is 9.41. The van der Waals surface area contributed by atoms with Gasteiger partial charge in [-0.15, -0.1) is 0 Å². The highest BCUT2D eigenvalue weighted by Gasteiger charge is 2.40. The normalized spacial score (nSPS) is 21.7. The van der Waals surface area contributed by atoms with Crippen LogP contribution in [0.4, 0.5) is 5.69 Å². The van der Waals surface area contributed by atoms with E-state index in [1.165, 1.54) is 32.1 Å². The molecule has 106 valence electrons. The van der Waals surface area contributed by atoms with Crippen LogP contribution in [-0.4, -0.2) is 25.2 Å². The quantitative estimate of drug-likeness (QED) is 0.862. The fourth-order valence-electron chi connectivity index (χ4n) is 3.71. The first-order valence-corrected chi connectivity index (χ1v) is 7.81. The first-order valence-electron chi connectivity index (χ1n) is 7.43.